The van der Waals surface area contributed by atoms with E-state index in [1.54, 1.807) is 0 Å². The van der Waals surface area contributed by atoms with E-state index in [1.807, 2.05) is 0 Å². The third-order valence-corrected chi connectivity index (χ3v) is 3.69. The van der Waals surface area contributed by atoms with Gasteiger partial charge in [0.1, 0.15) is 11.3 Å². The second-order valence-corrected chi connectivity index (χ2v) is 5.30. The van der Waals surface area contributed by atoms with Crippen LogP contribution in [0, 0.1) is 5.82 Å². The Hall–Kier alpha value is -1.95. The van der Waals surface area contributed by atoms with Crippen LogP contribution >= 0.6 is 0 Å². The van der Waals surface area contributed by atoms with Gasteiger partial charge in [0, 0.05) is 12.1 Å². The van der Waals surface area contributed by atoms with E-state index >= 15 is 0 Å². The van der Waals surface area contributed by atoms with E-state index in [2.05, 4.69) is 27.5 Å². The summed E-state index contributed by atoms with van der Waals surface area (Å²) in [7, 11) is 0. The van der Waals surface area contributed by atoms with Crippen molar-refractivity contribution in [3.05, 3.63) is 29.8 Å². The third-order valence-electron chi connectivity index (χ3n) is 3.69. The SMILES string of the molecule is CC1CC(NC(=O)c2cc(F)cc3[nH]cnc23)CCN1. The topological polar surface area (TPSA) is 69.8 Å². The number of hydrogen-bond acceptors (Lipinski definition) is 3. The molecule has 2 aromatic rings. The molecule has 2 unspecified atom stereocenters. The fraction of sp³-hybridized carbons (Fsp3) is 0.429. The van der Waals surface area contributed by atoms with Crippen LogP contribution in [0.2, 0.25) is 0 Å². The molecule has 5 nitrogen and oxygen atoms in total. The highest BCUT2D eigenvalue weighted by atomic mass is 19.1. The second kappa shape index (κ2) is 5.20. The van der Waals surface area contributed by atoms with Crippen LogP contribution in [0.15, 0.2) is 18.5 Å². The number of imidazole rings is 1. The van der Waals surface area contributed by atoms with Gasteiger partial charge in [-0.05, 0) is 38.4 Å². The smallest absolute Gasteiger partial charge is 0.253 e. The molecule has 6 heteroatoms. The van der Waals surface area contributed by atoms with Crippen molar-refractivity contribution in [2.24, 2.45) is 0 Å². The summed E-state index contributed by atoms with van der Waals surface area (Å²) in [6.45, 7) is 2.97. The molecule has 1 saturated heterocycles. The van der Waals surface area contributed by atoms with Crippen LogP contribution < -0.4 is 10.6 Å². The molecule has 20 heavy (non-hydrogen) atoms. The lowest BCUT2D eigenvalue weighted by atomic mass is 10.00. The highest BCUT2D eigenvalue weighted by Crippen LogP contribution is 2.18. The van der Waals surface area contributed by atoms with Crippen molar-refractivity contribution in [1.29, 1.82) is 0 Å². The van der Waals surface area contributed by atoms with Crippen LogP contribution in [0.3, 0.4) is 0 Å². The van der Waals surface area contributed by atoms with E-state index in [1.165, 1.54) is 18.5 Å². The van der Waals surface area contributed by atoms with Gasteiger partial charge in [0.25, 0.3) is 5.91 Å². The van der Waals surface area contributed by atoms with Gasteiger partial charge in [-0.3, -0.25) is 4.79 Å². The summed E-state index contributed by atoms with van der Waals surface area (Å²) >= 11 is 0. The number of piperidine rings is 1. The van der Waals surface area contributed by atoms with E-state index in [-0.39, 0.29) is 17.5 Å². The molecule has 3 rings (SSSR count). The highest BCUT2D eigenvalue weighted by molar-refractivity contribution is 6.04. The first-order valence-corrected chi connectivity index (χ1v) is 6.80. The van der Waals surface area contributed by atoms with Gasteiger partial charge in [-0.25, -0.2) is 9.37 Å². The first kappa shape index (κ1) is 13.1. The molecule has 2 atom stereocenters. The number of rotatable bonds is 2. The maximum atomic E-state index is 13.5. The summed E-state index contributed by atoms with van der Waals surface area (Å²) in [5.74, 6) is -0.703. The Morgan fingerprint density at radius 1 is 1.50 bits per heavy atom. The van der Waals surface area contributed by atoms with Crippen LogP contribution in [0.25, 0.3) is 11.0 Å². The Morgan fingerprint density at radius 2 is 2.35 bits per heavy atom. The number of aromatic nitrogens is 2. The number of carbonyl (C=O) groups excluding carboxylic acids is 1. The van der Waals surface area contributed by atoms with Crippen molar-refractivity contribution in [3.63, 3.8) is 0 Å². The minimum Gasteiger partial charge on any atom is -0.349 e. The number of H-pyrrole nitrogens is 1. The van der Waals surface area contributed by atoms with Crippen molar-refractivity contribution < 1.29 is 9.18 Å². The summed E-state index contributed by atoms with van der Waals surface area (Å²) in [5, 5.41) is 6.31. The third kappa shape index (κ3) is 2.51. The van der Waals surface area contributed by atoms with E-state index < -0.39 is 5.82 Å². The molecule has 0 saturated carbocycles. The molecule has 1 aliphatic heterocycles. The number of hydrogen-bond donors (Lipinski definition) is 3. The molecule has 1 aliphatic rings. The lowest BCUT2D eigenvalue weighted by molar-refractivity contribution is 0.0927. The number of nitrogens with one attached hydrogen (secondary N) is 3. The maximum absolute atomic E-state index is 13.5. The molecule has 106 valence electrons. The standard InChI is InChI=1S/C14H17FN4O/c1-8-4-10(2-3-16-8)19-14(20)11-5-9(15)6-12-13(11)18-7-17-12/h5-8,10,16H,2-4H2,1H3,(H,17,18)(H,19,20). The summed E-state index contributed by atoms with van der Waals surface area (Å²) in [6.07, 6.45) is 3.23. The average molecular weight is 276 g/mol. The Morgan fingerprint density at radius 3 is 3.15 bits per heavy atom. The van der Waals surface area contributed by atoms with Crippen molar-refractivity contribution in [1.82, 2.24) is 20.6 Å². The van der Waals surface area contributed by atoms with Crippen LogP contribution in [0.5, 0.6) is 0 Å². The van der Waals surface area contributed by atoms with E-state index in [4.69, 9.17) is 0 Å². The highest BCUT2D eigenvalue weighted by Gasteiger charge is 2.22. The van der Waals surface area contributed by atoms with Gasteiger partial charge in [-0.15, -0.1) is 0 Å². The summed E-state index contributed by atoms with van der Waals surface area (Å²) in [6, 6.07) is 3.08. The minimum absolute atomic E-state index is 0.121. The first-order valence-electron chi connectivity index (χ1n) is 6.80. The fourth-order valence-corrected chi connectivity index (χ4v) is 2.71. The van der Waals surface area contributed by atoms with Crippen LogP contribution in [-0.4, -0.2) is 34.5 Å². The normalized spacial score (nSPS) is 22.9. The van der Waals surface area contributed by atoms with E-state index in [0.29, 0.717) is 17.1 Å². The van der Waals surface area contributed by atoms with Gasteiger partial charge in [0.2, 0.25) is 0 Å². The molecule has 2 heterocycles. The van der Waals surface area contributed by atoms with Crippen molar-refractivity contribution in [3.8, 4) is 0 Å². The number of halogens is 1. The van der Waals surface area contributed by atoms with Gasteiger partial charge in [-0.2, -0.15) is 0 Å². The zero-order chi connectivity index (χ0) is 14.1. The lowest BCUT2D eigenvalue weighted by Gasteiger charge is -2.28. The van der Waals surface area contributed by atoms with Gasteiger partial charge in [0.05, 0.1) is 17.4 Å². The zero-order valence-corrected chi connectivity index (χ0v) is 11.2. The zero-order valence-electron chi connectivity index (χ0n) is 11.2. The quantitative estimate of drug-likeness (QED) is 0.780. The molecule has 1 fully saturated rings. The van der Waals surface area contributed by atoms with Gasteiger partial charge >= 0.3 is 0 Å². The predicted octanol–water partition coefficient (Wildman–Crippen LogP) is 1.57. The van der Waals surface area contributed by atoms with Crippen molar-refractivity contribution in [2.45, 2.75) is 31.8 Å². The van der Waals surface area contributed by atoms with Gasteiger partial charge < -0.3 is 15.6 Å². The Kier molecular flexibility index (Phi) is 3.40. The lowest BCUT2D eigenvalue weighted by Crippen LogP contribution is -2.46. The monoisotopic (exact) mass is 276 g/mol. The molecule has 0 bridgehead atoms. The van der Waals surface area contributed by atoms with Crippen molar-refractivity contribution in [2.75, 3.05) is 6.54 Å². The number of amides is 1. The number of benzene rings is 1. The molecule has 1 aromatic heterocycles. The number of fused-ring (bicyclic) bond motifs is 1. The second-order valence-electron chi connectivity index (χ2n) is 5.30. The maximum Gasteiger partial charge on any atom is 0.253 e. The predicted molar refractivity (Wildman–Crippen MR) is 74.0 cm³/mol. The number of nitrogens with zero attached hydrogens (tertiary/aromatic N) is 1. The van der Waals surface area contributed by atoms with E-state index in [9.17, 15) is 9.18 Å². The fourth-order valence-electron chi connectivity index (χ4n) is 2.71. The first-order chi connectivity index (χ1) is 9.63. The van der Waals surface area contributed by atoms with Gasteiger partial charge in [-0.1, -0.05) is 0 Å². The Balaban J connectivity index is 1.83. The van der Waals surface area contributed by atoms with Gasteiger partial charge in [0.15, 0.2) is 0 Å². The molecular formula is C14H17FN4O. The molecule has 1 amide bonds. The average Bonchev–Trinajstić information content (AvgIpc) is 2.85. The van der Waals surface area contributed by atoms with Crippen LogP contribution in [0.4, 0.5) is 4.39 Å². The van der Waals surface area contributed by atoms with Crippen molar-refractivity contribution >= 4 is 16.9 Å². The largest absolute Gasteiger partial charge is 0.349 e. The molecule has 1 aromatic carbocycles. The molecular weight excluding hydrogens is 259 g/mol. The molecule has 3 N–H and O–H groups in total. The van der Waals surface area contributed by atoms with Crippen LogP contribution in [0.1, 0.15) is 30.1 Å². The Bertz CT molecular complexity index is 639. The Labute approximate surface area is 116 Å². The number of carbonyl (C=O) groups is 1. The molecule has 0 spiro atoms. The van der Waals surface area contributed by atoms with E-state index in [0.717, 1.165) is 19.4 Å². The molecule has 0 aliphatic carbocycles. The summed E-state index contributed by atoms with van der Waals surface area (Å²) < 4.78 is 13.5. The van der Waals surface area contributed by atoms with Crippen LogP contribution in [-0.2, 0) is 0 Å². The number of aromatic amines is 1. The summed E-state index contributed by atoms with van der Waals surface area (Å²) in [5.41, 5.74) is 1.33. The minimum atomic E-state index is -0.439. The summed E-state index contributed by atoms with van der Waals surface area (Å²) in [4.78, 5) is 19.3. The molecule has 0 radical (unpaired) electrons.